The molecule has 3 rings (SSSR count). The minimum Gasteiger partial charge on any atom is -0.394 e. The summed E-state index contributed by atoms with van der Waals surface area (Å²) < 4.78 is 6.16. The van der Waals surface area contributed by atoms with E-state index >= 15 is 0 Å². The molecule has 0 unspecified atom stereocenters. The first-order chi connectivity index (χ1) is 12.9. The number of rotatable bonds is 2. The molecular weight excluding hydrogens is 358 g/mol. The molecule has 27 heavy (non-hydrogen) atoms. The Labute approximate surface area is 152 Å². The van der Waals surface area contributed by atoms with Gasteiger partial charge in [-0.3, -0.25) is 14.3 Å². The molecule has 10 nitrogen and oxygen atoms in total. The van der Waals surface area contributed by atoms with Crippen LogP contribution in [0.25, 0.3) is 0 Å². The molecule has 3 heterocycles. The normalized spacial score (nSPS) is 27.6. The zero-order valence-electron chi connectivity index (χ0n) is 13.9. The molecule has 5 N–H and O–H groups in total. The molecule has 0 bridgehead atoms. The topological polar surface area (TPSA) is 158 Å². The Kier molecular flexibility index (Phi) is 5.50. The Balaban J connectivity index is 2.00. The van der Waals surface area contributed by atoms with Crippen molar-refractivity contribution in [3.63, 3.8) is 0 Å². The second-order valence-corrected chi connectivity index (χ2v) is 5.89. The molecule has 2 aromatic rings. The number of hydrogen-bond acceptors (Lipinski definition) is 8. The molecule has 0 aromatic carbocycles. The maximum atomic E-state index is 12.1. The molecule has 1 saturated heterocycles. The lowest BCUT2D eigenvalue weighted by atomic mass is 9.98. The van der Waals surface area contributed by atoms with E-state index < -0.39 is 48.5 Å². The molecule has 2 aromatic heterocycles. The SMILES string of the molecule is O=c1[nH]c(=O)n([C@@H]2O[C@H](CO)[C@@H](O)[C@H](O)[C@H]2O)cc1C#Cc1ccccn1. The summed E-state index contributed by atoms with van der Waals surface area (Å²) in [5.41, 5.74) is -1.35. The molecule has 1 aliphatic heterocycles. The van der Waals surface area contributed by atoms with Crippen molar-refractivity contribution in [3.8, 4) is 11.8 Å². The number of H-pyrrole nitrogens is 1. The molecule has 0 saturated carbocycles. The van der Waals surface area contributed by atoms with Gasteiger partial charge >= 0.3 is 5.69 Å². The van der Waals surface area contributed by atoms with Crippen molar-refractivity contribution in [2.24, 2.45) is 0 Å². The number of nitrogens with one attached hydrogen (secondary N) is 1. The van der Waals surface area contributed by atoms with Crippen LogP contribution in [-0.4, -0.2) is 66.0 Å². The van der Waals surface area contributed by atoms with Crippen molar-refractivity contribution >= 4 is 0 Å². The van der Waals surface area contributed by atoms with Crippen LogP contribution in [-0.2, 0) is 4.74 Å². The monoisotopic (exact) mass is 375 g/mol. The van der Waals surface area contributed by atoms with Crippen LogP contribution < -0.4 is 11.2 Å². The highest BCUT2D eigenvalue weighted by Gasteiger charge is 2.44. The maximum Gasteiger partial charge on any atom is 0.330 e. The summed E-state index contributed by atoms with van der Waals surface area (Å²) in [7, 11) is 0. The highest BCUT2D eigenvalue weighted by atomic mass is 16.6. The number of pyridine rings is 1. The molecule has 5 atom stereocenters. The summed E-state index contributed by atoms with van der Waals surface area (Å²) >= 11 is 0. The van der Waals surface area contributed by atoms with E-state index in [0.29, 0.717) is 5.69 Å². The third-order valence-electron chi connectivity index (χ3n) is 4.10. The Bertz CT molecular complexity index is 974. The third kappa shape index (κ3) is 3.82. The van der Waals surface area contributed by atoms with Crippen molar-refractivity contribution in [1.82, 2.24) is 14.5 Å². The molecule has 10 heteroatoms. The predicted molar refractivity (Wildman–Crippen MR) is 90.6 cm³/mol. The van der Waals surface area contributed by atoms with Gasteiger partial charge in [-0.1, -0.05) is 12.0 Å². The number of aromatic amines is 1. The van der Waals surface area contributed by atoms with E-state index in [0.717, 1.165) is 10.8 Å². The average Bonchev–Trinajstić information content (AvgIpc) is 2.67. The van der Waals surface area contributed by atoms with E-state index in [2.05, 4.69) is 21.8 Å². The van der Waals surface area contributed by atoms with Gasteiger partial charge in [0, 0.05) is 12.4 Å². The molecule has 1 fully saturated rings. The zero-order chi connectivity index (χ0) is 19.6. The molecule has 1 aliphatic rings. The van der Waals surface area contributed by atoms with Crippen LogP contribution in [0.15, 0.2) is 40.2 Å². The first kappa shape index (κ1) is 19.0. The van der Waals surface area contributed by atoms with Gasteiger partial charge in [-0.15, -0.1) is 0 Å². The average molecular weight is 375 g/mol. The minimum absolute atomic E-state index is 0.0998. The van der Waals surface area contributed by atoms with E-state index in [4.69, 9.17) is 4.74 Å². The summed E-state index contributed by atoms with van der Waals surface area (Å²) in [6.45, 7) is -0.647. The van der Waals surface area contributed by atoms with Crippen LogP contribution in [0.1, 0.15) is 17.5 Å². The highest BCUT2D eigenvalue weighted by molar-refractivity contribution is 5.37. The Morgan fingerprint density at radius 2 is 1.93 bits per heavy atom. The molecule has 0 aliphatic carbocycles. The smallest absolute Gasteiger partial charge is 0.330 e. The lowest BCUT2D eigenvalue weighted by Gasteiger charge is -2.40. The summed E-state index contributed by atoms with van der Waals surface area (Å²) in [4.78, 5) is 30.2. The number of aliphatic hydroxyl groups is 4. The van der Waals surface area contributed by atoms with Gasteiger partial charge < -0.3 is 25.2 Å². The lowest BCUT2D eigenvalue weighted by Crippen LogP contribution is -2.58. The van der Waals surface area contributed by atoms with E-state index in [9.17, 15) is 30.0 Å². The largest absolute Gasteiger partial charge is 0.394 e. The van der Waals surface area contributed by atoms with Crippen LogP contribution >= 0.6 is 0 Å². The lowest BCUT2D eigenvalue weighted by molar-refractivity contribution is -0.252. The summed E-state index contributed by atoms with van der Waals surface area (Å²) in [6.07, 6.45) is -4.95. The second-order valence-electron chi connectivity index (χ2n) is 5.89. The van der Waals surface area contributed by atoms with Gasteiger partial charge in [0.2, 0.25) is 0 Å². The van der Waals surface area contributed by atoms with Crippen LogP contribution in [0.4, 0.5) is 0 Å². The highest BCUT2D eigenvalue weighted by Crippen LogP contribution is 2.27. The predicted octanol–water partition coefficient (Wildman–Crippen LogP) is -2.70. The van der Waals surface area contributed by atoms with Crippen molar-refractivity contribution in [2.45, 2.75) is 30.6 Å². The first-order valence-corrected chi connectivity index (χ1v) is 8.01. The van der Waals surface area contributed by atoms with Crippen LogP contribution in [0.2, 0.25) is 0 Å². The second kappa shape index (κ2) is 7.83. The maximum absolute atomic E-state index is 12.1. The van der Waals surface area contributed by atoms with Gasteiger partial charge in [0.15, 0.2) is 6.23 Å². The van der Waals surface area contributed by atoms with E-state index in [-0.39, 0.29) is 5.56 Å². The van der Waals surface area contributed by atoms with Gasteiger partial charge in [-0.05, 0) is 18.1 Å². The zero-order valence-corrected chi connectivity index (χ0v) is 13.9. The summed E-state index contributed by atoms with van der Waals surface area (Å²) in [5.74, 6) is 5.25. The quantitative estimate of drug-likeness (QED) is 0.355. The molecule has 142 valence electrons. The van der Waals surface area contributed by atoms with Crippen molar-refractivity contribution in [3.05, 3.63) is 62.7 Å². The third-order valence-corrected chi connectivity index (χ3v) is 4.10. The fourth-order valence-electron chi connectivity index (χ4n) is 2.64. The Morgan fingerprint density at radius 3 is 2.59 bits per heavy atom. The number of hydrogen-bond donors (Lipinski definition) is 5. The van der Waals surface area contributed by atoms with Crippen molar-refractivity contribution in [2.75, 3.05) is 6.61 Å². The van der Waals surface area contributed by atoms with Gasteiger partial charge in [-0.2, -0.15) is 0 Å². The first-order valence-electron chi connectivity index (χ1n) is 8.01. The number of ether oxygens (including phenoxy) is 1. The number of aliphatic hydroxyl groups excluding tert-OH is 4. The minimum atomic E-state index is -1.68. The molecule has 0 amide bonds. The van der Waals surface area contributed by atoms with Gasteiger partial charge in [-0.25, -0.2) is 9.78 Å². The number of aromatic nitrogens is 3. The van der Waals surface area contributed by atoms with Crippen LogP contribution in [0.5, 0.6) is 0 Å². The molecule has 0 spiro atoms. The standard InChI is InChI=1S/C17H17N3O7/c21-8-11-12(22)13(23)14(24)16(27-11)20-7-9(15(25)19-17(20)26)4-5-10-3-1-2-6-18-10/h1-3,6-7,11-14,16,21-24H,8H2,(H,19,25,26)/t11-,12-,13+,14-,16-/m1/s1. The Morgan fingerprint density at radius 1 is 1.15 bits per heavy atom. The Hall–Kier alpha value is -2.81. The molecular formula is C17H17N3O7. The van der Waals surface area contributed by atoms with E-state index in [1.165, 1.54) is 6.20 Å². The van der Waals surface area contributed by atoms with Crippen LogP contribution in [0.3, 0.4) is 0 Å². The fraction of sp³-hybridized carbons (Fsp3) is 0.353. The van der Waals surface area contributed by atoms with Crippen molar-refractivity contribution < 1.29 is 25.2 Å². The summed E-state index contributed by atoms with van der Waals surface area (Å²) in [6, 6.07) is 5.06. The van der Waals surface area contributed by atoms with Gasteiger partial charge in [0.05, 0.1) is 6.61 Å². The fourth-order valence-corrected chi connectivity index (χ4v) is 2.64. The van der Waals surface area contributed by atoms with E-state index in [1.54, 1.807) is 18.2 Å². The summed E-state index contributed by atoms with van der Waals surface area (Å²) in [5, 5.41) is 39.1. The van der Waals surface area contributed by atoms with Gasteiger partial charge in [0.1, 0.15) is 35.7 Å². The van der Waals surface area contributed by atoms with E-state index in [1.807, 2.05) is 0 Å². The van der Waals surface area contributed by atoms with Crippen molar-refractivity contribution in [1.29, 1.82) is 0 Å². The van der Waals surface area contributed by atoms with Crippen LogP contribution in [0, 0.1) is 11.8 Å². The molecule has 0 radical (unpaired) electrons. The number of nitrogens with zero attached hydrogens (tertiary/aromatic N) is 2. The van der Waals surface area contributed by atoms with Gasteiger partial charge in [0.25, 0.3) is 5.56 Å².